The van der Waals surface area contributed by atoms with Crippen LogP contribution in [-0.2, 0) is 14.3 Å². The van der Waals surface area contributed by atoms with Crippen LogP contribution in [-0.4, -0.2) is 35.7 Å². The van der Waals surface area contributed by atoms with Crippen molar-refractivity contribution in [3.63, 3.8) is 0 Å². The Bertz CT molecular complexity index is 229. The normalized spacial score (nSPS) is 26.9. The largest absolute Gasteiger partial charge is 0.481 e. The first kappa shape index (κ1) is 11.4. The van der Waals surface area contributed by atoms with Crippen LogP contribution in [0.25, 0.3) is 0 Å². The number of carbonyl (C=O) groups excluding carboxylic acids is 1. The first-order valence-corrected chi connectivity index (χ1v) is 5.68. The van der Waals surface area contributed by atoms with E-state index in [0.717, 1.165) is 11.5 Å². The SMILES string of the molecule is COC(=O)C[C@@H]1CSCC[C@H]1C(=O)O. The van der Waals surface area contributed by atoms with Crippen LogP contribution in [0.15, 0.2) is 0 Å². The summed E-state index contributed by atoms with van der Waals surface area (Å²) in [4.78, 5) is 21.9. The summed E-state index contributed by atoms with van der Waals surface area (Å²) >= 11 is 1.71. The topological polar surface area (TPSA) is 63.6 Å². The number of hydrogen-bond donors (Lipinski definition) is 1. The minimum atomic E-state index is -0.792. The van der Waals surface area contributed by atoms with Gasteiger partial charge < -0.3 is 9.84 Å². The summed E-state index contributed by atoms with van der Waals surface area (Å²) in [5.41, 5.74) is 0. The van der Waals surface area contributed by atoms with E-state index in [1.165, 1.54) is 7.11 Å². The van der Waals surface area contributed by atoms with Crippen LogP contribution in [0.3, 0.4) is 0 Å². The molecule has 0 radical (unpaired) electrons. The predicted octanol–water partition coefficient (Wildman–Crippen LogP) is 1.00. The van der Waals surface area contributed by atoms with Gasteiger partial charge >= 0.3 is 11.9 Å². The molecule has 5 heteroatoms. The fourth-order valence-corrected chi connectivity index (χ4v) is 2.86. The molecule has 4 nitrogen and oxygen atoms in total. The molecule has 0 aliphatic carbocycles. The van der Waals surface area contributed by atoms with Gasteiger partial charge in [-0.25, -0.2) is 0 Å². The molecule has 0 saturated carbocycles. The molecule has 0 spiro atoms. The van der Waals surface area contributed by atoms with Gasteiger partial charge in [-0.3, -0.25) is 9.59 Å². The Hall–Kier alpha value is -0.710. The summed E-state index contributed by atoms with van der Waals surface area (Å²) in [7, 11) is 1.33. The lowest BCUT2D eigenvalue weighted by Gasteiger charge is -2.27. The Morgan fingerprint density at radius 1 is 1.57 bits per heavy atom. The Labute approximate surface area is 87.0 Å². The lowest BCUT2D eigenvalue weighted by atomic mass is 9.88. The van der Waals surface area contributed by atoms with Crippen molar-refractivity contribution in [2.45, 2.75) is 12.8 Å². The number of carboxylic acid groups (broad SMARTS) is 1. The van der Waals surface area contributed by atoms with Crippen LogP contribution in [0.5, 0.6) is 0 Å². The predicted molar refractivity (Wildman–Crippen MR) is 53.2 cm³/mol. The highest BCUT2D eigenvalue weighted by atomic mass is 32.2. The molecule has 0 aromatic carbocycles. The molecule has 1 aliphatic heterocycles. The summed E-state index contributed by atoms with van der Waals surface area (Å²) in [6.07, 6.45) is 0.877. The summed E-state index contributed by atoms with van der Waals surface area (Å²) in [6.45, 7) is 0. The average molecular weight is 218 g/mol. The van der Waals surface area contributed by atoms with Crippen molar-refractivity contribution in [3.05, 3.63) is 0 Å². The number of esters is 1. The number of carboxylic acids is 1. The van der Waals surface area contributed by atoms with Gasteiger partial charge in [0.25, 0.3) is 0 Å². The maximum Gasteiger partial charge on any atom is 0.306 e. The van der Waals surface area contributed by atoms with Crippen molar-refractivity contribution in [3.8, 4) is 0 Å². The Kier molecular flexibility index (Phi) is 4.25. The van der Waals surface area contributed by atoms with E-state index in [1.54, 1.807) is 11.8 Å². The monoisotopic (exact) mass is 218 g/mol. The van der Waals surface area contributed by atoms with Crippen LogP contribution in [0.1, 0.15) is 12.8 Å². The second kappa shape index (κ2) is 5.24. The molecule has 2 atom stereocenters. The fraction of sp³-hybridized carbons (Fsp3) is 0.778. The third kappa shape index (κ3) is 2.90. The van der Waals surface area contributed by atoms with Crippen molar-refractivity contribution in [2.24, 2.45) is 11.8 Å². The second-order valence-corrected chi connectivity index (χ2v) is 4.50. The number of ether oxygens (including phenoxy) is 1. The van der Waals surface area contributed by atoms with Crippen molar-refractivity contribution < 1.29 is 19.4 Å². The fourth-order valence-electron chi connectivity index (χ4n) is 1.62. The highest BCUT2D eigenvalue weighted by molar-refractivity contribution is 7.99. The van der Waals surface area contributed by atoms with Gasteiger partial charge in [-0.1, -0.05) is 0 Å². The van der Waals surface area contributed by atoms with Crippen molar-refractivity contribution in [1.82, 2.24) is 0 Å². The molecule has 0 aromatic rings. The summed E-state index contributed by atoms with van der Waals surface area (Å²) in [6, 6.07) is 0. The molecule has 0 unspecified atom stereocenters. The third-order valence-corrected chi connectivity index (χ3v) is 3.64. The van der Waals surface area contributed by atoms with E-state index in [2.05, 4.69) is 4.74 Å². The molecule has 1 rings (SSSR count). The Balaban J connectivity index is 2.54. The van der Waals surface area contributed by atoms with Crippen LogP contribution in [0.4, 0.5) is 0 Å². The van der Waals surface area contributed by atoms with Crippen molar-refractivity contribution in [1.29, 1.82) is 0 Å². The molecule has 1 heterocycles. The van der Waals surface area contributed by atoms with E-state index >= 15 is 0 Å². The lowest BCUT2D eigenvalue weighted by Crippen LogP contribution is -2.31. The van der Waals surface area contributed by atoms with Gasteiger partial charge in [-0.15, -0.1) is 0 Å². The van der Waals surface area contributed by atoms with Crippen LogP contribution in [0, 0.1) is 11.8 Å². The second-order valence-electron chi connectivity index (χ2n) is 3.35. The maximum atomic E-state index is 11.0. The van der Waals surface area contributed by atoms with Crippen molar-refractivity contribution in [2.75, 3.05) is 18.6 Å². The molecule has 1 aliphatic rings. The molecular weight excluding hydrogens is 204 g/mol. The standard InChI is InChI=1S/C9H14O4S/c1-13-8(10)4-6-5-14-3-2-7(6)9(11)12/h6-7H,2-5H2,1H3,(H,11,12)/t6-,7-/m1/s1. The minimum absolute atomic E-state index is 0.0706. The van der Waals surface area contributed by atoms with E-state index in [1.807, 2.05) is 0 Å². The smallest absolute Gasteiger partial charge is 0.306 e. The number of hydrogen-bond acceptors (Lipinski definition) is 4. The number of carbonyl (C=O) groups is 2. The van der Waals surface area contributed by atoms with E-state index in [0.29, 0.717) is 6.42 Å². The van der Waals surface area contributed by atoms with Crippen LogP contribution < -0.4 is 0 Å². The summed E-state index contributed by atoms with van der Waals surface area (Å²) < 4.78 is 4.54. The quantitative estimate of drug-likeness (QED) is 0.716. The average Bonchev–Trinajstić information content (AvgIpc) is 2.18. The van der Waals surface area contributed by atoms with E-state index < -0.39 is 5.97 Å². The zero-order valence-electron chi connectivity index (χ0n) is 8.06. The molecule has 1 fully saturated rings. The molecule has 1 N–H and O–H groups in total. The zero-order valence-corrected chi connectivity index (χ0v) is 8.88. The van der Waals surface area contributed by atoms with Crippen molar-refractivity contribution >= 4 is 23.7 Å². The first-order chi connectivity index (χ1) is 6.65. The Morgan fingerprint density at radius 3 is 2.86 bits per heavy atom. The van der Waals surface area contributed by atoms with Gasteiger partial charge in [-0.2, -0.15) is 11.8 Å². The molecule has 0 aromatic heterocycles. The van der Waals surface area contributed by atoms with Gasteiger partial charge in [0.15, 0.2) is 0 Å². The van der Waals surface area contributed by atoms with Gasteiger partial charge in [0.1, 0.15) is 0 Å². The highest BCUT2D eigenvalue weighted by Crippen LogP contribution is 2.31. The summed E-state index contributed by atoms with van der Waals surface area (Å²) in [5, 5.41) is 8.93. The van der Waals surface area contributed by atoms with Crippen LogP contribution in [0.2, 0.25) is 0 Å². The number of methoxy groups -OCH3 is 1. The van der Waals surface area contributed by atoms with Gasteiger partial charge in [-0.05, 0) is 23.8 Å². The van der Waals surface area contributed by atoms with Crippen LogP contribution >= 0.6 is 11.8 Å². The summed E-state index contributed by atoms with van der Waals surface area (Å²) in [5.74, 6) is 0.0535. The maximum absolute atomic E-state index is 11.0. The third-order valence-electron chi connectivity index (χ3n) is 2.45. The molecule has 0 bridgehead atoms. The first-order valence-electron chi connectivity index (χ1n) is 4.52. The van der Waals surface area contributed by atoms with E-state index in [9.17, 15) is 9.59 Å². The number of rotatable bonds is 3. The molecular formula is C9H14O4S. The lowest BCUT2D eigenvalue weighted by molar-refractivity contribution is -0.146. The highest BCUT2D eigenvalue weighted by Gasteiger charge is 2.32. The molecule has 14 heavy (non-hydrogen) atoms. The minimum Gasteiger partial charge on any atom is -0.481 e. The Morgan fingerprint density at radius 2 is 2.29 bits per heavy atom. The van der Waals surface area contributed by atoms with E-state index in [4.69, 9.17) is 5.11 Å². The van der Waals surface area contributed by atoms with Gasteiger partial charge in [0, 0.05) is 6.42 Å². The van der Waals surface area contributed by atoms with E-state index in [-0.39, 0.29) is 24.2 Å². The van der Waals surface area contributed by atoms with Gasteiger partial charge in [0.05, 0.1) is 13.0 Å². The number of thioether (sulfide) groups is 1. The zero-order chi connectivity index (χ0) is 10.6. The number of aliphatic carboxylic acids is 1. The molecule has 80 valence electrons. The molecule has 1 saturated heterocycles. The van der Waals surface area contributed by atoms with Gasteiger partial charge in [0.2, 0.25) is 0 Å². The molecule has 0 amide bonds.